The standard InChI is InChI=1S/C21H18N4O2S/c1-15-5-2-8-18(13-15)28(26,27)25-20-11-10-17(14-23-20)24-19-9-3-6-16-7-4-12-22-21(16)19/h2-14,24H,1H3,(H,23,25). The van der Waals surface area contributed by atoms with Crippen LogP contribution in [0, 0.1) is 6.92 Å². The molecule has 6 nitrogen and oxygen atoms in total. The maximum Gasteiger partial charge on any atom is 0.263 e. The predicted molar refractivity (Wildman–Crippen MR) is 111 cm³/mol. The monoisotopic (exact) mass is 390 g/mol. The van der Waals surface area contributed by atoms with Gasteiger partial charge in [-0.15, -0.1) is 0 Å². The average molecular weight is 390 g/mol. The van der Waals surface area contributed by atoms with E-state index in [0.29, 0.717) is 0 Å². The zero-order valence-electron chi connectivity index (χ0n) is 15.1. The van der Waals surface area contributed by atoms with Gasteiger partial charge in [0.2, 0.25) is 0 Å². The van der Waals surface area contributed by atoms with Gasteiger partial charge in [0.15, 0.2) is 0 Å². The van der Waals surface area contributed by atoms with Gasteiger partial charge >= 0.3 is 0 Å². The van der Waals surface area contributed by atoms with Crippen molar-refractivity contribution in [2.24, 2.45) is 0 Å². The van der Waals surface area contributed by atoms with E-state index in [1.165, 1.54) is 0 Å². The van der Waals surface area contributed by atoms with Crippen molar-refractivity contribution in [3.63, 3.8) is 0 Å². The molecule has 0 radical (unpaired) electrons. The average Bonchev–Trinajstić information content (AvgIpc) is 2.70. The molecule has 0 aliphatic heterocycles. The van der Waals surface area contributed by atoms with Crippen LogP contribution in [0.15, 0.2) is 84.0 Å². The van der Waals surface area contributed by atoms with Crippen LogP contribution in [0.4, 0.5) is 17.2 Å². The number of nitrogens with one attached hydrogen (secondary N) is 2. The molecular formula is C21H18N4O2S. The van der Waals surface area contributed by atoms with Crippen molar-refractivity contribution in [1.82, 2.24) is 9.97 Å². The van der Waals surface area contributed by atoms with Gasteiger partial charge in [-0.2, -0.15) is 0 Å². The quantitative estimate of drug-likeness (QED) is 0.525. The lowest BCUT2D eigenvalue weighted by Crippen LogP contribution is -2.14. The molecule has 2 heterocycles. The summed E-state index contributed by atoms with van der Waals surface area (Å²) >= 11 is 0. The van der Waals surface area contributed by atoms with Gasteiger partial charge < -0.3 is 5.32 Å². The zero-order valence-corrected chi connectivity index (χ0v) is 15.9. The Bertz CT molecular complexity index is 1230. The minimum atomic E-state index is -3.68. The SMILES string of the molecule is Cc1cccc(S(=O)(=O)Nc2ccc(Nc3cccc4cccnc34)cn2)c1. The largest absolute Gasteiger partial charge is 0.352 e. The van der Waals surface area contributed by atoms with Crippen molar-refractivity contribution in [3.8, 4) is 0 Å². The first-order chi connectivity index (χ1) is 13.5. The van der Waals surface area contributed by atoms with Crippen LogP contribution in [0.3, 0.4) is 0 Å². The molecule has 0 atom stereocenters. The van der Waals surface area contributed by atoms with Gasteiger partial charge in [-0.1, -0.05) is 30.3 Å². The van der Waals surface area contributed by atoms with Crippen LogP contribution >= 0.6 is 0 Å². The number of para-hydroxylation sites is 1. The summed E-state index contributed by atoms with van der Waals surface area (Å²) in [6, 6.07) is 19.9. The Balaban J connectivity index is 1.54. The lowest BCUT2D eigenvalue weighted by molar-refractivity contribution is 0.601. The second-order valence-electron chi connectivity index (χ2n) is 6.36. The third-order valence-corrected chi connectivity index (χ3v) is 5.57. The summed E-state index contributed by atoms with van der Waals surface area (Å²) in [6.07, 6.45) is 3.32. The number of hydrogen-bond donors (Lipinski definition) is 2. The highest BCUT2D eigenvalue weighted by Gasteiger charge is 2.14. The molecule has 0 amide bonds. The zero-order chi connectivity index (χ0) is 19.6. The molecule has 0 saturated heterocycles. The van der Waals surface area contributed by atoms with Gasteiger partial charge in [-0.25, -0.2) is 13.4 Å². The van der Waals surface area contributed by atoms with Crippen molar-refractivity contribution < 1.29 is 8.42 Å². The number of benzene rings is 2. The fourth-order valence-electron chi connectivity index (χ4n) is 2.87. The Kier molecular flexibility index (Phi) is 4.67. The Hall–Kier alpha value is -3.45. The lowest BCUT2D eigenvalue weighted by Gasteiger charge is -2.11. The molecule has 4 aromatic rings. The Labute approximate surface area is 163 Å². The maximum atomic E-state index is 12.5. The van der Waals surface area contributed by atoms with Crippen molar-refractivity contribution in [2.45, 2.75) is 11.8 Å². The number of sulfonamides is 1. The van der Waals surface area contributed by atoms with E-state index < -0.39 is 10.0 Å². The highest BCUT2D eigenvalue weighted by atomic mass is 32.2. The first-order valence-corrected chi connectivity index (χ1v) is 10.2. The fraction of sp³-hybridized carbons (Fsp3) is 0.0476. The number of nitrogens with zero attached hydrogens (tertiary/aromatic N) is 2. The molecule has 0 fully saturated rings. The minimum Gasteiger partial charge on any atom is -0.352 e. The van der Waals surface area contributed by atoms with E-state index in [0.717, 1.165) is 27.8 Å². The van der Waals surface area contributed by atoms with E-state index in [1.807, 2.05) is 43.3 Å². The molecule has 2 aromatic heterocycles. The van der Waals surface area contributed by atoms with Crippen LogP contribution < -0.4 is 10.0 Å². The van der Waals surface area contributed by atoms with E-state index in [-0.39, 0.29) is 10.7 Å². The van der Waals surface area contributed by atoms with Crippen molar-refractivity contribution in [2.75, 3.05) is 10.0 Å². The molecule has 0 unspecified atom stereocenters. The van der Waals surface area contributed by atoms with Crippen LogP contribution in [-0.2, 0) is 10.0 Å². The maximum absolute atomic E-state index is 12.5. The number of hydrogen-bond acceptors (Lipinski definition) is 5. The van der Waals surface area contributed by atoms with Crippen LogP contribution in [-0.4, -0.2) is 18.4 Å². The molecule has 140 valence electrons. The molecule has 0 spiro atoms. The summed E-state index contributed by atoms with van der Waals surface area (Å²) < 4.78 is 27.5. The minimum absolute atomic E-state index is 0.207. The summed E-state index contributed by atoms with van der Waals surface area (Å²) in [7, 11) is -3.68. The van der Waals surface area contributed by atoms with Crippen LogP contribution in [0.1, 0.15) is 5.56 Å². The van der Waals surface area contributed by atoms with Crippen LogP contribution in [0.25, 0.3) is 10.9 Å². The summed E-state index contributed by atoms with van der Waals surface area (Å²) in [5, 5.41) is 4.30. The first-order valence-electron chi connectivity index (χ1n) is 8.68. The fourth-order valence-corrected chi connectivity index (χ4v) is 3.98. The normalized spacial score (nSPS) is 11.3. The molecule has 7 heteroatoms. The Morgan fingerprint density at radius 1 is 0.893 bits per heavy atom. The topological polar surface area (TPSA) is 84.0 Å². The molecule has 0 aliphatic carbocycles. The second-order valence-corrected chi connectivity index (χ2v) is 8.04. The van der Waals surface area contributed by atoms with E-state index in [9.17, 15) is 8.42 Å². The summed E-state index contributed by atoms with van der Waals surface area (Å²) in [5.74, 6) is 0.253. The van der Waals surface area contributed by atoms with E-state index >= 15 is 0 Å². The van der Waals surface area contributed by atoms with Gasteiger partial charge in [0.05, 0.1) is 28.0 Å². The highest BCUT2D eigenvalue weighted by molar-refractivity contribution is 7.92. The number of fused-ring (bicyclic) bond motifs is 1. The molecule has 28 heavy (non-hydrogen) atoms. The Morgan fingerprint density at radius 2 is 1.71 bits per heavy atom. The molecule has 2 N–H and O–H groups in total. The first kappa shape index (κ1) is 17.9. The number of pyridine rings is 2. The van der Waals surface area contributed by atoms with Crippen molar-refractivity contribution in [1.29, 1.82) is 0 Å². The van der Waals surface area contributed by atoms with Crippen LogP contribution in [0.2, 0.25) is 0 Å². The van der Waals surface area contributed by atoms with Crippen molar-refractivity contribution >= 4 is 38.1 Å². The van der Waals surface area contributed by atoms with Gasteiger partial charge in [0.25, 0.3) is 10.0 Å². The summed E-state index contributed by atoms with van der Waals surface area (Å²) in [6.45, 7) is 1.85. The summed E-state index contributed by atoms with van der Waals surface area (Å²) in [4.78, 5) is 8.83. The third-order valence-electron chi connectivity index (χ3n) is 4.21. The van der Waals surface area contributed by atoms with Gasteiger partial charge in [0, 0.05) is 11.6 Å². The van der Waals surface area contributed by atoms with E-state index in [4.69, 9.17) is 0 Å². The van der Waals surface area contributed by atoms with Gasteiger partial charge in [-0.05, 0) is 48.9 Å². The molecule has 4 rings (SSSR count). The number of aromatic nitrogens is 2. The van der Waals surface area contributed by atoms with Gasteiger partial charge in [-0.3, -0.25) is 9.71 Å². The molecule has 0 bridgehead atoms. The Morgan fingerprint density at radius 3 is 2.50 bits per heavy atom. The summed E-state index contributed by atoms with van der Waals surface area (Å²) in [5.41, 5.74) is 3.32. The lowest BCUT2D eigenvalue weighted by atomic mass is 10.2. The molecule has 0 aliphatic rings. The smallest absolute Gasteiger partial charge is 0.263 e. The van der Waals surface area contributed by atoms with Crippen molar-refractivity contribution in [3.05, 3.63) is 84.7 Å². The molecule has 0 saturated carbocycles. The third kappa shape index (κ3) is 3.79. The predicted octanol–water partition coefficient (Wildman–Crippen LogP) is 4.48. The number of anilines is 3. The van der Waals surface area contributed by atoms with E-state index in [1.54, 1.807) is 42.7 Å². The molecular weight excluding hydrogens is 372 g/mol. The number of aryl methyl sites for hydroxylation is 1. The van der Waals surface area contributed by atoms with E-state index in [2.05, 4.69) is 20.0 Å². The molecule has 2 aromatic carbocycles. The van der Waals surface area contributed by atoms with Gasteiger partial charge in [0.1, 0.15) is 5.82 Å². The highest BCUT2D eigenvalue weighted by Crippen LogP contribution is 2.25. The number of rotatable bonds is 5. The second kappa shape index (κ2) is 7.28. The van der Waals surface area contributed by atoms with Crippen LogP contribution in [0.5, 0.6) is 0 Å².